The van der Waals surface area contributed by atoms with Gasteiger partial charge in [-0.1, -0.05) is 12.1 Å². The molecule has 2 aromatic carbocycles. The molecule has 0 aliphatic rings. The molecule has 0 aliphatic heterocycles. The summed E-state index contributed by atoms with van der Waals surface area (Å²) < 4.78 is 23.9. The van der Waals surface area contributed by atoms with Gasteiger partial charge in [0, 0.05) is 18.3 Å². The van der Waals surface area contributed by atoms with Crippen molar-refractivity contribution in [3.05, 3.63) is 53.8 Å². The highest BCUT2D eigenvalue weighted by molar-refractivity contribution is 5.47. The lowest BCUT2D eigenvalue weighted by Gasteiger charge is -2.09. The SMILES string of the molecule is CCOc1ccc(NCc2ccc(OC)cc2)cc1F. The summed E-state index contributed by atoms with van der Waals surface area (Å²) in [6.07, 6.45) is 0. The van der Waals surface area contributed by atoms with E-state index in [9.17, 15) is 4.39 Å². The summed E-state index contributed by atoms with van der Waals surface area (Å²) in [6.45, 7) is 2.90. The van der Waals surface area contributed by atoms with Crippen LogP contribution in [-0.4, -0.2) is 13.7 Å². The fourth-order valence-electron chi connectivity index (χ4n) is 1.83. The van der Waals surface area contributed by atoms with Crippen molar-refractivity contribution < 1.29 is 13.9 Å². The maximum Gasteiger partial charge on any atom is 0.167 e. The molecule has 106 valence electrons. The molecule has 20 heavy (non-hydrogen) atoms. The number of rotatable bonds is 6. The van der Waals surface area contributed by atoms with Gasteiger partial charge in [0.05, 0.1) is 13.7 Å². The van der Waals surface area contributed by atoms with Gasteiger partial charge in [-0.15, -0.1) is 0 Å². The minimum Gasteiger partial charge on any atom is -0.497 e. The lowest BCUT2D eigenvalue weighted by molar-refractivity contribution is 0.321. The Hall–Kier alpha value is -2.23. The van der Waals surface area contributed by atoms with Gasteiger partial charge in [0.1, 0.15) is 5.75 Å². The monoisotopic (exact) mass is 275 g/mol. The van der Waals surface area contributed by atoms with Crippen LogP contribution in [0.2, 0.25) is 0 Å². The van der Waals surface area contributed by atoms with E-state index in [1.807, 2.05) is 31.2 Å². The Kier molecular flexibility index (Phi) is 4.82. The fourth-order valence-corrected chi connectivity index (χ4v) is 1.83. The molecule has 0 aromatic heterocycles. The number of benzene rings is 2. The molecule has 0 saturated heterocycles. The third-order valence-electron chi connectivity index (χ3n) is 2.89. The predicted octanol–water partition coefficient (Wildman–Crippen LogP) is 3.85. The van der Waals surface area contributed by atoms with Crippen molar-refractivity contribution >= 4 is 5.69 Å². The molecule has 0 fully saturated rings. The van der Waals surface area contributed by atoms with Crippen molar-refractivity contribution in [2.24, 2.45) is 0 Å². The van der Waals surface area contributed by atoms with Crippen molar-refractivity contribution in [2.75, 3.05) is 19.0 Å². The van der Waals surface area contributed by atoms with E-state index in [0.717, 1.165) is 17.0 Å². The van der Waals surface area contributed by atoms with E-state index in [0.29, 0.717) is 13.2 Å². The molecule has 2 aromatic rings. The average Bonchev–Trinajstić information content (AvgIpc) is 2.48. The van der Waals surface area contributed by atoms with Gasteiger partial charge in [0.2, 0.25) is 0 Å². The van der Waals surface area contributed by atoms with E-state index < -0.39 is 0 Å². The number of hydrogen-bond acceptors (Lipinski definition) is 3. The molecular weight excluding hydrogens is 257 g/mol. The van der Waals surface area contributed by atoms with E-state index in [1.165, 1.54) is 6.07 Å². The fraction of sp³-hybridized carbons (Fsp3) is 0.250. The van der Waals surface area contributed by atoms with Crippen molar-refractivity contribution in [3.8, 4) is 11.5 Å². The van der Waals surface area contributed by atoms with Crippen LogP contribution in [0.25, 0.3) is 0 Å². The Morgan fingerprint density at radius 3 is 2.45 bits per heavy atom. The van der Waals surface area contributed by atoms with Crippen LogP contribution < -0.4 is 14.8 Å². The Balaban J connectivity index is 1.97. The molecule has 0 bridgehead atoms. The van der Waals surface area contributed by atoms with Crippen LogP contribution in [0, 0.1) is 5.82 Å². The van der Waals surface area contributed by atoms with Crippen LogP contribution in [-0.2, 0) is 6.54 Å². The Morgan fingerprint density at radius 2 is 1.85 bits per heavy atom. The first-order chi connectivity index (χ1) is 9.72. The number of ether oxygens (including phenoxy) is 2. The maximum atomic E-state index is 13.7. The summed E-state index contributed by atoms with van der Waals surface area (Å²) in [5, 5.41) is 3.17. The van der Waals surface area contributed by atoms with Crippen molar-refractivity contribution in [1.82, 2.24) is 0 Å². The van der Waals surface area contributed by atoms with Gasteiger partial charge in [0.25, 0.3) is 0 Å². The first-order valence-electron chi connectivity index (χ1n) is 6.52. The zero-order valence-electron chi connectivity index (χ0n) is 11.7. The Bertz CT molecular complexity index is 555. The van der Waals surface area contributed by atoms with Gasteiger partial charge in [-0.25, -0.2) is 4.39 Å². The summed E-state index contributed by atoms with van der Waals surface area (Å²) in [6, 6.07) is 12.6. The molecule has 0 aliphatic carbocycles. The normalized spacial score (nSPS) is 10.2. The lowest BCUT2D eigenvalue weighted by atomic mass is 10.2. The Labute approximate surface area is 118 Å². The van der Waals surface area contributed by atoms with E-state index in [-0.39, 0.29) is 11.6 Å². The molecule has 0 atom stereocenters. The summed E-state index contributed by atoms with van der Waals surface area (Å²) in [5.41, 5.74) is 1.82. The largest absolute Gasteiger partial charge is 0.497 e. The topological polar surface area (TPSA) is 30.5 Å². The third-order valence-corrected chi connectivity index (χ3v) is 2.89. The molecule has 1 N–H and O–H groups in total. The van der Waals surface area contributed by atoms with Crippen LogP contribution in [0.4, 0.5) is 10.1 Å². The predicted molar refractivity (Wildman–Crippen MR) is 77.9 cm³/mol. The molecule has 4 heteroatoms. The number of methoxy groups -OCH3 is 1. The van der Waals surface area contributed by atoms with Crippen molar-refractivity contribution in [2.45, 2.75) is 13.5 Å². The van der Waals surface area contributed by atoms with E-state index in [2.05, 4.69) is 5.32 Å². The van der Waals surface area contributed by atoms with Crippen LogP contribution in [0.3, 0.4) is 0 Å². The smallest absolute Gasteiger partial charge is 0.167 e. The van der Waals surface area contributed by atoms with Gasteiger partial charge in [-0.2, -0.15) is 0 Å². The number of anilines is 1. The van der Waals surface area contributed by atoms with Gasteiger partial charge in [-0.05, 0) is 36.8 Å². The zero-order valence-corrected chi connectivity index (χ0v) is 11.7. The summed E-state index contributed by atoms with van der Waals surface area (Å²) in [7, 11) is 1.63. The highest BCUT2D eigenvalue weighted by atomic mass is 19.1. The van der Waals surface area contributed by atoms with Gasteiger partial charge in [0.15, 0.2) is 11.6 Å². The third kappa shape index (κ3) is 3.63. The lowest BCUT2D eigenvalue weighted by Crippen LogP contribution is -2.01. The van der Waals surface area contributed by atoms with Crippen LogP contribution in [0.15, 0.2) is 42.5 Å². The highest BCUT2D eigenvalue weighted by Crippen LogP contribution is 2.21. The minimum absolute atomic E-state index is 0.280. The van der Waals surface area contributed by atoms with E-state index in [4.69, 9.17) is 9.47 Å². The van der Waals surface area contributed by atoms with Gasteiger partial charge < -0.3 is 14.8 Å². The van der Waals surface area contributed by atoms with Crippen molar-refractivity contribution in [3.63, 3.8) is 0 Å². The second kappa shape index (κ2) is 6.80. The van der Waals surface area contributed by atoms with E-state index >= 15 is 0 Å². The number of nitrogens with one attached hydrogen (secondary N) is 1. The quantitative estimate of drug-likeness (QED) is 0.868. The van der Waals surface area contributed by atoms with E-state index in [1.54, 1.807) is 19.2 Å². The molecule has 2 rings (SSSR count). The first-order valence-corrected chi connectivity index (χ1v) is 6.52. The molecular formula is C16H18FNO2. The Morgan fingerprint density at radius 1 is 1.10 bits per heavy atom. The number of hydrogen-bond donors (Lipinski definition) is 1. The second-order valence-electron chi connectivity index (χ2n) is 4.28. The standard InChI is InChI=1S/C16H18FNO2/c1-3-20-16-9-6-13(10-15(16)17)18-11-12-4-7-14(19-2)8-5-12/h4-10,18H,3,11H2,1-2H3. The van der Waals surface area contributed by atoms with Crippen LogP contribution in [0.1, 0.15) is 12.5 Å². The minimum atomic E-state index is -0.355. The summed E-state index contributed by atoms with van der Waals surface area (Å²) >= 11 is 0. The zero-order chi connectivity index (χ0) is 14.4. The van der Waals surface area contributed by atoms with Crippen molar-refractivity contribution in [1.29, 1.82) is 0 Å². The van der Waals surface area contributed by atoms with Gasteiger partial charge >= 0.3 is 0 Å². The summed E-state index contributed by atoms with van der Waals surface area (Å²) in [4.78, 5) is 0. The first kappa shape index (κ1) is 14.2. The summed E-state index contributed by atoms with van der Waals surface area (Å²) in [5.74, 6) is 0.745. The molecule has 0 unspecified atom stereocenters. The van der Waals surface area contributed by atoms with Crippen LogP contribution >= 0.6 is 0 Å². The number of halogens is 1. The highest BCUT2D eigenvalue weighted by Gasteiger charge is 2.04. The molecule has 3 nitrogen and oxygen atoms in total. The van der Waals surface area contributed by atoms with Crippen LogP contribution in [0.5, 0.6) is 11.5 Å². The second-order valence-corrected chi connectivity index (χ2v) is 4.28. The molecule has 0 spiro atoms. The average molecular weight is 275 g/mol. The molecule has 0 saturated carbocycles. The molecule has 0 radical (unpaired) electrons. The molecule has 0 amide bonds. The molecule has 0 heterocycles. The maximum absolute atomic E-state index is 13.7. The van der Waals surface area contributed by atoms with Gasteiger partial charge in [-0.3, -0.25) is 0 Å².